The second kappa shape index (κ2) is 12.3. The van der Waals surface area contributed by atoms with Crippen molar-refractivity contribution in [2.24, 2.45) is 17.8 Å². The molecule has 1 fully saturated rings. The van der Waals surface area contributed by atoms with Gasteiger partial charge in [-0.1, -0.05) is 83.3 Å². The molecule has 1 heterocycles. The topological polar surface area (TPSA) is 66.5 Å². The number of fused-ring (bicyclic) bond motifs is 1. The second-order valence-electron chi connectivity index (χ2n) is 9.24. The summed E-state index contributed by atoms with van der Waals surface area (Å²) in [6.45, 7) is 5.92. The zero-order chi connectivity index (χ0) is 22.1. The summed E-state index contributed by atoms with van der Waals surface area (Å²) in [4.78, 5) is 39.2. The number of unbranched alkanes of at least 4 members (excludes halogenated alkanes) is 8. The van der Waals surface area contributed by atoms with Crippen LogP contribution in [0.3, 0.4) is 0 Å². The molecule has 0 saturated carbocycles. The van der Waals surface area contributed by atoms with Crippen LogP contribution in [0.1, 0.15) is 97.8 Å². The minimum atomic E-state index is -0.442. The summed E-state index contributed by atoms with van der Waals surface area (Å²) in [6.07, 6.45) is 16.0. The fourth-order valence-electron chi connectivity index (χ4n) is 5.19. The number of amides is 3. The first-order chi connectivity index (χ1) is 14.4. The quantitative estimate of drug-likeness (QED) is 0.260. The standard InChI is InChI=1S/C25H42N2O3/c1-5-7-9-11-13-15-19-17-20(16-14-12-10-8-6-2)23(26-18(3)28)22-21(19)24(29)27(4)25(22)30/h17,19,21-23H,5-16H2,1-4H3,(H,26,28)/t19-,21-,22-,23+/m0/s1. The number of imide groups is 1. The molecule has 2 rings (SSSR count). The summed E-state index contributed by atoms with van der Waals surface area (Å²) in [6, 6.07) is -0.337. The van der Waals surface area contributed by atoms with Crippen molar-refractivity contribution in [1.82, 2.24) is 10.2 Å². The Kier molecular flexibility index (Phi) is 10.1. The molecule has 1 saturated heterocycles. The molecule has 5 heteroatoms. The van der Waals surface area contributed by atoms with Crippen molar-refractivity contribution in [3.8, 4) is 0 Å². The maximum Gasteiger partial charge on any atom is 0.235 e. The number of likely N-dealkylation sites (tertiary alicyclic amines) is 1. The number of hydrogen-bond acceptors (Lipinski definition) is 3. The summed E-state index contributed by atoms with van der Waals surface area (Å²) in [5, 5.41) is 3.02. The van der Waals surface area contributed by atoms with E-state index in [-0.39, 0.29) is 35.6 Å². The number of carbonyl (C=O) groups excluding carboxylic acids is 3. The SMILES string of the molecule is CCCCCCCC1=C[C@H](CCCCCCC)[C@@H]2C(=O)N(C)C(=O)[C@@H]2[C@@H]1NC(C)=O. The number of hydrogen-bond donors (Lipinski definition) is 1. The van der Waals surface area contributed by atoms with Gasteiger partial charge in [0.1, 0.15) is 0 Å². The molecule has 0 spiro atoms. The van der Waals surface area contributed by atoms with Crippen LogP contribution in [0.5, 0.6) is 0 Å². The number of allylic oxidation sites excluding steroid dienone is 1. The molecule has 170 valence electrons. The van der Waals surface area contributed by atoms with E-state index in [4.69, 9.17) is 0 Å². The zero-order valence-electron chi connectivity index (χ0n) is 19.5. The summed E-state index contributed by atoms with van der Waals surface area (Å²) in [5.41, 5.74) is 1.16. The highest BCUT2D eigenvalue weighted by molar-refractivity contribution is 6.06. The largest absolute Gasteiger partial charge is 0.349 e. The molecule has 0 unspecified atom stereocenters. The minimum Gasteiger partial charge on any atom is -0.349 e. The molecule has 0 aromatic carbocycles. The first kappa shape index (κ1) is 24.6. The Bertz CT molecular complexity index is 628. The highest BCUT2D eigenvalue weighted by Gasteiger charge is 2.54. The number of nitrogens with zero attached hydrogens (tertiary/aromatic N) is 1. The fourth-order valence-corrected chi connectivity index (χ4v) is 5.19. The molecule has 1 aliphatic carbocycles. The molecular formula is C25H42N2O3. The molecular weight excluding hydrogens is 376 g/mol. The number of nitrogens with one attached hydrogen (secondary N) is 1. The lowest BCUT2D eigenvalue weighted by Gasteiger charge is -2.37. The third-order valence-corrected chi connectivity index (χ3v) is 6.84. The molecule has 2 aliphatic rings. The van der Waals surface area contributed by atoms with Crippen LogP contribution in [0.4, 0.5) is 0 Å². The first-order valence-electron chi connectivity index (χ1n) is 12.2. The minimum absolute atomic E-state index is 0.0721. The van der Waals surface area contributed by atoms with Crippen molar-refractivity contribution in [3.63, 3.8) is 0 Å². The molecule has 3 amide bonds. The lowest BCUT2D eigenvalue weighted by molar-refractivity contribution is -0.138. The monoisotopic (exact) mass is 418 g/mol. The van der Waals surface area contributed by atoms with E-state index in [0.717, 1.165) is 31.3 Å². The Balaban J connectivity index is 2.19. The van der Waals surface area contributed by atoms with E-state index >= 15 is 0 Å². The Hall–Kier alpha value is -1.65. The predicted molar refractivity (Wildman–Crippen MR) is 121 cm³/mol. The van der Waals surface area contributed by atoms with Crippen molar-refractivity contribution in [2.75, 3.05) is 7.05 Å². The van der Waals surface area contributed by atoms with E-state index in [0.29, 0.717) is 0 Å². The Morgan fingerprint density at radius 1 is 0.900 bits per heavy atom. The van der Waals surface area contributed by atoms with E-state index in [1.807, 2.05) is 0 Å². The van der Waals surface area contributed by atoms with Crippen molar-refractivity contribution >= 4 is 17.7 Å². The highest BCUT2D eigenvalue weighted by atomic mass is 16.2. The van der Waals surface area contributed by atoms with Crippen molar-refractivity contribution in [1.29, 1.82) is 0 Å². The van der Waals surface area contributed by atoms with Gasteiger partial charge >= 0.3 is 0 Å². The smallest absolute Gasteiger partial charge is 0.235 e. The number of carbonyl (C=O) groups is 3. The van der Waals surface area contributed by atoms with Crippen LogP contribution in [0.15, 0.2) is 11.6 Å². The van der Waals surface area contributed by atoms with Gasteiger partial charge in [-0.2, -0.15) is 0 Å². The van der Waals surface area contributed by atoms with Gasteiger partial charge in [0.25, 0.3) is 0 Å². The van der Waals surface area contributed by atoms with Gasteiger partial charge in [-0.3, -0.25) is 19.3 Å². The van der Waals surface area contributed by atoms with Crippen LogP contribution in [-0.4, -0.2) is 35.7 Å². The predicted octanol–water partition coefficient (Wildman–Crippen LogP) is 5.00. The van der Waals surface area contributed by atoms with Gasteiger partial charge in [-0.05, 0) is 25.2 Å². The van der Waals surface area contributed by atoms with Gasteiger partial charge in [0.2, 0.25) is 17.7 Å². The molecule has 0 bridgehead atoms. The van der Waals surface area contributed by atoms with Gasteiger partial charge in [-0.15, -0.1) is 0 Å². The van der Waals surface area contributed by atoms with Crippen LogP contribution < -0.4 is 5.32 Å². The lowest BCUT2D eigenvalue weighted by atomic mass is 9.69. The molecule has 1 aliphatic heterocycles. The first-order valence-corrected chi connectivity index (χ1v) is 12.2. The van der Waals surface area contributed by atoms with Gasteiger partial charge in [0.15, 0.2) is 0 Å². The molecule has 0 aromatic heterocycles. The summed E-state index contributed by atoms with van der Waals surface area (Å²) in [7, 11) is 1.59. The van der Waals surface area contributed by atoms with Crippen LogP contribution in [0.25, 0.3) is 0 Å². The van der Waals surface area contributed by atoms with Gasteiger partial charge in [-0.25, -0.2) is 0 Å². The Morgan fingerprint density at radius 2 is 1.47 bits per heavy atom. The zero-order valence-corrected chi connectivity index (χ0v) is 19.5. The van der Waals surface area contributed by atoms with E-state index in [2.05, 4.69) is 25.2 Å². The Morgan fingerprint density at radius 3 is 2.07 bits per heavy atom. The lowest BCUT2D eigenvalue weighted by Crippen LogP contribution is -2.49. The molecule has 30 heavy (non-hydrogen) atoms. The molecule has 0 aromatic rings. The third kappa shape index (κ3) is 6.18. The normalized spacial score (nSPS) is 26.0. The molecule has 0 radical (unpaired) electrons. The maximum atomic E-state index is 13.0. The van der Waals surface area contributed by atoms with Gasteiger partial charge in [0.05, 0.1) is 17.9 Å². The summed E-state index contributed by atoms with van der Waals surface area (Å²) < 4.78 is 0. The molecule has 1 N–H and O–H groups in total. The van der Waals surface area contributed by atoms with Gasteiger partial charge < -0.3 is 5.32 Å². The van der Waals surface area contributed by atoms with Crippen LogP contribution in [0.2, 0.25) is 0 Å². The van der Waals surface area contributed by atoms with E-state index in [1.165, 1.54) is 63.2 Å². The maximum absolute atomic E-state index is 13.0. The average Bonchev–Trinajstić information content (AvgIpc) is 2.94. The molecule has 4 atom stereocenters. The van der Waals surface area contributed by atoms with Crippen molar-refractivity contribution in [3.05, 3.63) is 11.6 Å². The average molecular weight is 419 g/mol. The van der Waals surface area contributed by atoms with Crippen molar-refractivity contribution < 1.29 is 14.4 Å². The van der Waals surface area contributed by atoms with Crippen LogP contribution in [-0.2, 0) is 14.4 Å². The summed E-state index contributed by atoms with van der Waals surface area (Å²) >= 11 is 0. The Labute approximate surface area is 183 Å². The van der Waals surface area contributed by atoms with Crippen molar-refractivity contribution in [2.45, 2.75) is 104 Å². The van der Waals surface area contributed by atoms with E-state index < -0.39 is 5.92 Å². The van der Waals surface area contributed by atoms with E-state index in [1.54, 1.807) is 7.05 Å². The number of rotatable bonds is 13. The summed E-state index contributed by atoms with van der Waals surface area (Å²) in [5.74, 6) is -0.998. The molecule has 5 nitrogen and oxygen atoms in total. The van der Waals surface area contributed by atoms with Crippen LogP contribution >= 0.6 is 0 Å². The third-order valence-electron chi connectivity index (χ3n) is 6.84. The second-order valence-corrected chi connectivity index (χ2v) is 9.24. The van der Waals surface area contributed by atoms with Crippen LogP contribution in [0, 0.1) is 17.8 Å². The fraction of sp³-hybridized carbons (Fsp3) is 0.800. The highest BCUT2D eigenvalue weighted by Crippen LogP contribution is 2.44. The van der Waals surface area contributed by atoms with E-state index in [9.17, 15) is 14.4 Å². The van der Waals surface area contributed by atoms with Gasteiger partial charge in [0, 0.05) is 14.0 Å².